The quantitative estimate of drug-likeness (QED) is 0.586. The van der Waals surface area contributed by atoms with Crippen molar-refractivity contribution in [2.45, 2.75) is 31.4 Å². The summed E-state index contributed by atoms with van der Waals surface area (Å²) < 4.78 is 40.6. The first-order valence-electron chi connectivity index (χ1n) is 7.87. The van der Waals surface area contributed by atoms with Gasteiger partial charge in [-0.05, 0) is 41.8 Å². The van der Waals surface area contributed by atoms with Gasteiger partial charge in [0.25, 0.3) is 0 Å². The van der Waals surface area contributed by atoms with Crippen LogP contribution < -0.4 is 0 Å². The van der Waals surface area contributed by atoms with E-state index in [0.29, 0.717) is 24.0 Å². The molecule has 0 aliphatic heterocycles. The molecule has 0 bridgehead atoms. The van der Waals surface area contributed by atoms with Gasteiger partial charge in [-0.3, -0.25) is 9.59 Å². The molecule has 136 valence electrons. The van der Waals surface area contributed by atoms with Gasteiger partial charge < -0.3 is 0 Å². The van der Waals surface area contributed by atoms with Crippen molar-refractivity contribution in [3.63, 3.8) is 0 Å². The Labute approximate surface area is 157 Å². The van der Waals surface area contributed by atoms with Crippen molar-refractivity contribution < 1.29 is 22.8 Å². The second kappa shape index (κ2) is 7.05. The first-order chi connectivity index (χ1) is 12.1. The van der Waals surface area contributed by atoms with Crippen molar-refractivity contribution in [3.8, 4) is 0 Å². The third-order valence-electron chi connectivity index (χ3n) is 4.42. The van der Waals surface area contributed by atoms with Crippen LogP contribution in [-0.2, 0) is 6.42 Å². The molecule has 0 heterocycles. The summed E-state index contributed by atoms with van der Waals surface area (Å²) in [5, 5.41) is 0.149. The Hall–Kier alpha value is -1.85. The number of hydrogen-bond acceptors (Lipinski definition) is 2. The van der Waals surface area contributed by atoms with Gasteiger partial charge in [0.2, 0.25) is 0 Å². The molecule has 0 saturated carbocycles. The van der Waals surface area contributed by atoms with Crippen LogP contribution in [-0.4, -0.2) is 17.7 Å². The molecule has 1 aliphatic carbocycles. The molecule has 0 fully saturated rings. The SMILES string of the molecule is O=C(C[C@@H](c1cc(Cl)cc(Cl)c1)C(F)(F)F)c1ccc2c(c1)CCC2=O. The lowest BCUT2D eigenvalue weighted by molar-refractivity contribution is -0.149. The minimum absolute atomic E-state index is 0.0132. The van der Waals surface area contributed by atoms with Crippen LogP contribution in [0.1, 0.15) is 50.6 Å². The number of Topliss-reactive ketones (excluding diaryl/α,β-unsaturated/α-hetero) is 2. The van der Waals surface area contributed by atoms with E-state index in [9.17, 15) is 22.8 Å². The lowest BCUT2D eigenvalue weighted by Gasteiger charge is -2.21. The van der Waals surface area contributed by atoms with Gasteiger partial charge in [-0.25, -0.2) is 0 Å². The topological polar surface area (TPSA) is 34.1 Å². The van der Waals surface area contributed by atoms with E-state index < -0.39 is 24.3 Å². The van der Waals surface area contributed by atoms with E-state index in [-0.39, 0.29) is 27.0 Å². The zero-order chi connectivity index (χ0) is 19.1. The number of aryl methyl sites for hydroxylation is 1. The van der Waals surface area contributed by atoms with Crippen molar-refractivity contribution in [2.75, 3.05) is 0 Å². The molecule has 0 unspecified atom stereocenters. The third kappa shape index (κ3) is 3.94. The predicted molar refractivity (Wildman–Crippen MR) is 93.3 cm³/mol. The molecule has 0 aromatic heterocycles. The number of halogens is 5. The minimum atomic E-state index is -4.63. The number of alkyl halides is 3. The molecule has 2 nitrogen and oxygen atoms in total. The van der Waals surface area contributed by atoms with E-state index in [4.69, 9.17) is 23.2 Å². The molecule has 0 radical (unpaired) electrons. The highest BCUT2D eigenvalue weighted by molar-refractivity contribution is 6.34. The van der Waals surface area contributed by atoms with Crippen LogP contribution in [0.4, 0.5) is 13.2 Å². The molecule has 0 saturated heterocycles. The number of hydrogen-bond donors (Lipinski definition) is 0. The van der Waals surface area contributed by atoms with Crippen molar-refractivity contribution in [1.82, 2.24) is 0 Å². The summed E-state index contributed by atoms with van der Waals surface area (Å²) >= 11 is 11.6. The maximum Gasteiger partial charge on any atom is 0.396 e. The number of ketones is 2. The standard InChI is InChI=1S/C19H13Cl2F3O2/c20-13-6-12(7-14(21)8-13)16(19(22,23)24)9-18(26)11-1-3-15-10(5-11)2-4-17(15)25/h1,3,5-8,16H,2,4,9H2/t16-/m0/s1. The second-order valence-corrected chi connectivity index (χ2v) is 7.09. The Morgan fingerprint density at radius 1 is 1.04 bits per heavy atom. The number of carbonyl (C=O) groups excluding carboxylic acids is 2. The van der Waals surface area contributed by atoms with Crippen molar-refractivity contribution in [3.05, 3.63) is 68.7 Å². The molecular formula is C19H13Cl2F3O2. The molecule has 0 N–H and O–H groups in total. The van der Waals surface area contributed by atoms with Gasteiger partial charge in [0.1, 0.15) is 0 Å². The molecule has 0 spiro atoms. The van der Waals surface area contributed by atoms with Crippen LogP contribution in [0.25, 0.3) is 0 Å². The Morgan fingerprint density at radius 3 is 2.31 bits per heavy atom. The molecule has 2 aromatic rings. The number of rotatable bonds is 4. The van der Waals surface area contributed by atoms with Crippen molar-refractivity contribution >= 4 is 34.8 Å². The van der Waals surface area contributed by atoms with Crippen molar-refractivity contribution in [2.24, 2.45) is 0 Å². The summed E-state index contributed by atoms with van der Waals surface area (Å²) in [5.74, 6) is -2.67. The fourth-order valence-corrected chi connectivity index (χ4v) is 3.67. The van der Waals surface area contributed by atoms with E-state index in [0.717, 1.165) is 0 Å². The summed E-state index contributed by atoms with van der Waals surface area (Å²) in [6.07, 6.45) is -4.52. The van der Waals surface area contributed by atoms with Gasteiger partial charge in [-0.2, -0.15) is 13.2 Å². The largest absolute Gasteiger partial charge is 0.396 e. The average molecular weight is 401 g/mol. The Morgan fingerprint density at radius 2 is 1.69 bits per heavy atom. The van der Waals surface area contributed by atoms with E-state index in [1.54, 1.807) is 0 Å². The van der Waals surface area contributed by atoms with Gasteiger partial charge in [0, 0.05) is 34.0 Å². The normalized spacial score (nSPS) is 15.0. The monoisotopic (exact) mass is 400 g/mol. The highest BCUT2D eigenvalue weighted by Gasteiger charge is 2.42. The first-order valence-corrected chi connectivity index (χ1v) is 8.63. The highest BCUT2D eigenvalue weighted by atomic mass is 35.5. The molecule has 1 atom stereocenters. The van der Waals surface area contributed by atoms with E-state index in [2.05, 4.69) is 0 Å². The molecule has 0 amide bonds. The van der Waals surface area contributed by atoms with Gasteiger partial charge in [0.15, 0.2) is 11.6 Å². The highest BCUT2D eigenvalue weighted by Crippen LogP contribution is 2.40. The average Bonchev–Trinajstić information content (AvgIpc) is 2.91. The molecular weight excluding hydrogens is 388 g/mol. The molecule has 7 heteroatoms. The van der Waals surface area contributed by atoms with Gasteiger partial charge >= 0.3 is 6.18 Å². The third-order valence-corrected chi connectivity index (χ3v) is 4.86. The smallest absolute Gasteiger partial charge is 0.294 e. The second-order valence-electron chi connectivity index (χ2n) is 6.22. The van der Waals surface area contributed by atoms with Crippen LogP contribution in [0.15, 0.2) is 36.4 Å². The van der Waals surface area contributed by atoms with Crippen LogP contribution in [0.3, 0.4) is 0 Å². The number of fused-ring (bicyclic) bond motifs is 1. The fourth-order valence-electron chi connectivity index (χ4n) is 3.13. The molecule has 1 aliphatic rings. The van der Waals surface area contributed by atoms with Crippen LogP contribution in [0, 0.1) is 0 Å². The summed E-state index contributed by atoms with van der Waals surface area (Å²) in [6, 6.07) is 8.10. The maximum absolute atomic E-state index is 13.5. The summed E-state index contributed by atoms with van der Waals surface area (Å²) in [4.78, 5) is 24.1. The van der Waals surface area contributed by atoms with Gasteiger partial charge in [-0.15, -0.1) is 0 Å². The lowest BCUT2D eigenvalue weighted by Crippen LogP contribution is -2.24. The van der Waals surface area contributed by atoms with Crippen LogP contribution >= 0.6 is 23.2 Å². The maximum atomic E-state index is 13.5. The Bertz CT molecular complexity index is 871. The number of carbonyl (C=O) groups is 2. The zero-order valence-electron chi connectivity index (χ0n) is 13.4. The van der Waals surface area contributed by atoms with E-state index in [1.807, 2.05) is 0 Å². The van der Waals surface area contributed by atoms with Crippen molar-refractivity contribution in [1.29, 1.82) is 0 Å². The van der Waals surface area contributed by atoms with Gasteiger partial charge in [0.05, 0.1) is 5.92 Å². The van der Waals surface area contributed by atoms with E-state index in [1.165, 1.54) is 36.4 Å². The van der Waals surface area contributed by atoms with Gasteiger partial charge in [-0.1, -0.05) is 35.3 Å². The van der Waals surface area contributed by atoms with E-state index >= 15 is 0 Å². The molecule has 26 heavy (non-hydrogen) atoms. The predicted octanol–water partition coefficient (Wildman–Crippen LogP) is 6.04. The Balaban J connectivity index is 1.90. The zero-order valence-corrected chi connectivity index (χ0v) is 14.9. The first kappa shape index (κ1) is 18.9. The molecule has 2 aromatic carbocycles. The summed E-state index contributed by atoms with van der Waals surface area (Å²) in [6.45, 7) is 0. The van der Waals surface area contributed by atoms with Crippen LogP contribution in [0.2, 0.25) is 10.0 Å². The summed E-state index contributed by atoms with van der Waals surface area (Å²) in [7, 11) is 0. The van der Waals surface area contributed by atoms with Crippen LogP contribution in [0.5, 0.6) is 0 Å². The lowest BCUT2D eigenvalue weighted by atomic mass is 9.90. The Kier molecular flexibility index (Phi) is 5.13. The summed E-state index contributed by atoms with van der Waals surface area (Å²) in [5.41, 5.74) is 1.26. The number of benzene rings is 2. The minimum Gasteiger partial charge on any atom is -0.294 e. The fraction of sp³-hybridized carbons (Fsp3) is 0.263. The molecule has 3 rings (SSSR count).